The van der Waals surface area contributed by atoms with Crippen LogP contribution in [0.4, 0.5) is 11.4 Å². The zero-order valence-corrected chi connectivity index (χ0v) is 17.7. The molecule has 1 fully saturated rings. The van der Waals surface area contributed by atoms with Crippen molar-refractivity contribution in [1.82, 2.24) is 9.78 Å². The predicted molar refractivity (Wildman–Crippen MR) is 127 cm³/mol. The number of methoxy groups -OCH3 is 1. The zero-order chi connectivity index (χ0) is 34.5. The van der Waals surface area contributed by atoms with Crippen molar-refractivity contribution < 1.29 is 35.6 Å². The fourth-order valence-electron chi connectivity index (χ4n) is 3.47. The number of nitrogens with two attached hydrogens (primary N) is 1. The number of benzene rings is 2. The van der Waals surface area contributed by atoms with Crippen molar-refractivity contribution in [3.05, 3.63) is 65.4 Å². The summed E-state index contributed by atoms with van der Waals surface area (Å²) in [6.07, 6.45) is -6.28. The number of ether oxygens (including phenoxy) is 1. The molecule has 1 saturated heterocycles. The van der Waals surface area contributed by atoms with Gasteiger partial charge in [-0.1, -0.05) is 0 Å². The Hall–Kier alpha value is -4.14. The lowest BCUT2D eigenvalue weighted by Gasteiger charge is -2.29. The van der Waals surface area contributed by atoms with Gasteiger partial charge in [-0.05, 0) is 67.6 Å². The van der Waals surface area contributed by atoms with E-state index in [4.69, 9.17) is 26.9 Å². The van der Waals surface area contributed by atoms with Gasteiger partial charge >= 0.3 is 0 Å². The van der Waals surface area contributed by atoms with Crippen LogP contribution in [0.15, 0.2) is 48.4 Å². The van der Waals surface area contributed by atoms with Gasteiger partial charge in [-0.15, -0.1) is 0 Å². The Balaban J connectivity index is 1.73. The zero-order valence-electron chi connectivity index (χ0n) is 29.7. The third kappa shape index (κ3) is 3.68. The van der Waals surface area contributed by atoms with Gasteiger partial charge in [0.1, 0.15) is 11.4 Å². The highest BCUT2D eigenvalue weighted by atomic mass is 16.5. The monoisotopic (exact) mass is 471 g/mol. The summed E-state index contributed by atoms with van der Waals surface area (Å²) in [6, 6.07) is 1.48. The first kappa shape index (κ1) is 11.8. The molecule has 0 atom stereocenters. The highest BCUT2D eigenvalue weighted by molar-refractivity contribution is 6.09. The first-order valence-corrected chi connectivity index (χ1v) is 10.0. The average molecular weight is 472 g/mol. The van der Waals surface area contributed by atoms with E-state index in [-0.39, 0.29) is 24.2 Å². The fraction of sp³-hybridized carbons (Fsp3) is 0.280. The molecule has 3 heterocycles. The average Bonchev–Trinajstić information content (AvgIpc) is 3.37. The molecule has 0 unspecified atom stereocenters. The van der Waals surface area contributed by atoms with Gasteiger partial charge in [-0.2, -0.15) is 5.10 Å². The predicted octanol–water partition coefficient (Wildman–Crippen LogP) is 2.70. The molecule has 2 aliphatic heterocycles. The number of primary amides is 1. The molecule has 2 N–H and O–H groups in total. The van der Waals surface area contributed by atoms with Gasteiger partial charge < -0.3 is 20.3 Å². The number of nitrogens with zero attached hydrogens (tertiary/aromatic N) is 4. The quantitative estimate of drug-likeness (QED) is 0.615. The number of hydrogen-bond acceptors (Lipinski definition) is 5. The number of hydrogen-bond donors (Lipinski definition) is 1. The van der Waals surface area contributed by atoms with Gasteiger partial charge in [0.25, 0.3) is 11.8 Å². The van der Waals surface area contributed by atoms with Crippen LogP contribution in [0.25, 0.3) is 5.69 Å². The van der Waals surface area contributed by atoms with E-state index in [0.29, 0.717) is 14.5 Å². The summed E-state index contributed by atoms with van der Waals surface area (Å²) >= 11 is 0. The molecule has 0 radical (unpaired) electrons. The maximum absolute atomic E-state index is 14.2. The summed E-state index contributed by atoms with van der Waals surface area (Å²) < 4.78 is 106. The van der Waals surface area contributed by atoms with Crippen LogP contribution in [0, 0.1) is 0 Å². The van der Waals surface area contributed by atoms with Crippen LogP contribution < -0.4 is 20.3 Å². The lowest BCUT2D eigenvalue weighted by atomic mass is 10.0. The minimum Gasteiger partial charge on any atom is -0.497 e. The molecule has 3 amide bonds. The number of amides is 3. The topological polar surface area (TPSA) is 111 Å². The molecule has 0 aliphatic carbocycles. The molecule has 0 bridgehead atoms. The van der Waals surface area contributed by atoms with Gasteiger partial charge in [0.2, 0.25) is 5.91 Å². The summed E-state index contributed by atoms with van der Waals surface area (Å²) in [7, 11) is 1.11. The maximum atomic E-state index is 14.2. The number of aromatic nitrogens is 2. The summed E-state index contributed by atoms with van der Waals surface area (Å²) in [5, 5.41) is 3.89. The molecule has 9 heteroatoms. The van der Waals surface area contributed by atoms with Crippen LogP contribution in [0.2, 0.25) is 0 Å². The standard InChI is InChI=1S/C25H25N5O4/c1-34-19-11-9-18(10-12-19)30-23-20(22(27-30)24(26)32)13-15-29(25(23)33)17-7-5-16(6-8-17)28-14-3-2-4-21(28)31/h5-12H,2-4,13-15H2,1H3,(H2,26,32)/i4D2,9D,10D,11D,12D,13D2,14D2,15D2. The highest BCUT2D eigenvalue weighted by Crippen LogP contribution is 2.31. The van der Waals surface area contributed by atoms with Crippen molar-refractivity contribution >= 4 is 29.1 Å². The van der Waals surface area contributed by atoms with Crippen LogP contribution in [0.1, 0.15) is 62.2 Å². The van der Waals surface area contributed by atoms with E-state index in [1.54, 1.807) is 0 Å². The van der Waals surface area contributed by atoms with Crippen molar-refractivity contribution in [2.24, 2.45) is 5.73 Å². The number of fused-ring (bicyclic) bond motifs is 1. The second-order valence-electron chi connectivity index (χ2n) is 7.10. The molecule has 0 saturated carbocycles. The molecule has 34 heavy (non-hydrogen) atoms. The van der Waals surface area contributed by atoms with Crippen molar-refractivity contribution in [2.45, 2.75) is 25.6 Å². The first-order chi connectivity index (χ1) is 21.1. The van der Waals surface area contributed by atoms with Crippen LogP contribution in [0.3, 0.4) is 0 Å². The normalized spacial score (nSPS) is 27.0. The van der Waals surface area contributed by atoms with E-state index >= 15 is 0 Å². The number of anilines is 2. The molecule has 5 rings (SSSR count). The molecule has 2 aromatic carbocycles. The van der Waals surface area contributed by atoms with Gasteiger partial charge in [-0.3, -0.25) is 14.4 Å². The van der Waals surface area contributed by atoms with Crippen LogP contribution in [0.5, 0.6) is 5.75 Å². The second kappa shape index (κ2) is 8.66. The number of rotatable bonds is 5. The Morgan fingerprint density at radius 3 is 2.32 bits per heavy atom. The first-order valence-electron chi connectivity index (χ1n) is 16.0. The maximum Gasteiger partial charge on any atom is 0.277 e. The molecule has 3 aromatic rings. The minimum atomic E-state index is -3.27. The van der Waals surface area contributed by atoms with Gasteiger partial charge in [-0.25, -0.2) is 4.68 Å². The number of carbonyl (C=O) groups is 3. The van der Waals surface area contributed by atoms with E-state index in [1.165, 1.54) is 0 Å². The Kier molecular flexibility index (Phi) is 3.01. The second-order valence-corrected chi connectivity index (χ2v) is 7.10. The fourth-order valence-corrected chi connectivity index (χ4v) is 3.47. The van der Waals surface area contributed by atoms with E-state index in [2.05, 4.69) is 5.10 Å². The summed E-state index contributed by atoms with van der Waals surface area (Å²) in [6.45, 7) is -5.55. The molecule has 2 aliphatic rings. The van der Waals surface area contributed by atoms with Gasteiger partial charge in [0.05, 0.1) is 21.0 Å². The van der Waals surface area contributed by atoms with E-state index in [1.807, 2.05) is 0 Å². The van der Waals surface area contributed by atoms with Crippen LogP contribution in [-0.4, -0.2) is 47.6 Å². The third-order valence-corrected chi connectivity index (χ3v) is 5.06. The molecule has 0 spiro atoms. The SMILES string of the molecule is [2H]c1c([2H])c(-n2nc(C(N)=O)c3c2C(=O)N(c2ccc(N4C(=O)C([2H])([2H])CCC4([2H])[2H])cc2)C([2H])([2H])C3([2H])[2H])c([2H])c([2H])c1OC. The number of carbonyl (C=O) groups excluding carboxylic acids is 3. The van der Waals surface area contributed by atoms with Crippen molar-refractivity contribution in [2.75, 3.05) is 29.9 Å². The lowest BCUT2D eigenvalue weighted by molar-refractivity contribution is -0.119. The Morgan fingerprint density at radius 1 is 1.00 bits per heavy atom. The number of piperidine rings is 1. The molecular weight excluding hydrogens is 434 g/mol. The van der Waals surface area contributed by atoms with Crippen LogP contribution in [-0.2, 0) is 11.2 Å². The Bertz CT molecular complexity index is 1800. The summed E-state index contributed by atoms with van der Waals surface area (Å²) in [5.74, 6) is -4.29. The molecule has 9 nitrogen and oxygen atoms in total. The van der Waals surface area contributed by atoms with Gasteiger partial charge in [0, 0.05) is 44.5 Å². The Morgan fingerprint density at radius 2 is 1.68 bits per heavy atom. The Labute approximate surface area is 213 Å². The van der Waals surface area contributed by atoms with Gasteiger partial charge in [0.15, 0.2) is 5.69 Å². The summed E-state index contributed by atoms with van der Waals surface area (Å²) in [4.78, 5) is 40.4. The molecular formula is C25H25N5O4. The van der Waals surface area contributed by atoms with Crippen LogP contribution >= 0.6 is 0 Å². The van der Waals surface area contributed by atoms with E-state index in [0.717, 1.165) is 31.4 Å². The lowest BCUT2D eigenvalue weighted by Crippen LogP contribution is -2.39. The molecule has 1 aromatic heterocycles. The van der Waals surface area contributed by atoms with Crippen molar-refractivity contribution in [3.8, 4) is 11.4 Å². The highest BCUT2D eigenvalue weighted by Gasteiger charge is 2.34. The third-order valence-electron chi connectivity index (χ3n) is 5.06. The van der Waals surface area contributed by atoms with Crippen molar-refractivity contribution in [1.29, 1.82) is 0 Å². The van der Waals surface area contributed by atoms with E-state index in [9.17, 15) is 14.4 Å². The largest absolute Gasteiger partial charge is 0.497 e. The summed E-state index contributed by atoms with van der Waals surface area (Å²) in [5.41, 5.74) is 1.73. The minimum absolute atomic E-state index is 0.126. The van der Waals surface area contributed by atoms with Crippen molar-refractivity contribution in [3.63, 3.8) is 0 Å². The molecule has 174 valence electrons. The smallest absolute Gasteiger partial charge is 0.277 e. The van der Waals surface area contributed by atoms with E-state index < -0.39 is 96.0 Å².